The summed E-state index contributed by atoms with van der Waals surface area (Å²) in [6, 6.07) is -1.65. The number of nitrogens with one attached hydrogen (secondary N) is 1. The number of rotatable bonds is 6. The number of amides is 1. The lowest BCUT2D eigenvalue weighted by molar-refractivity contribution is -0.140. The number of carboxylic acid groups (broad SMARTS) is 1. The molecule has 2 N–H and O–H groups in total. The summed E-state index contributed by atoms with van der Waals surface area (Å²) in [6.45, 7) is 1.74. The number of aryl methyl sites for hydroxylation is 1. The number of alkyl halides is 2. The average molecular weight is 372 g/mol. The van der Waals surface area contributed by atoms with E-state index in [1.54, 1.807) is 6.92 Å². The standard InChI is InChI=1S/C11H12BrF2NO4S/c1-4-7(12)8(19-2)9(20-4)10(16)15-5(11(17)18)3-6(13)14/h5-6H,3H2,1-2H3,(H,15,16)(H,17,18). The molecule has 0 aliphatic carbocycles. The van der Waals surface area contributed by atoms with Crippen molar-refractivity contribution in [2.24, 2.45) is 0 Å². The van der Waals surface area contributed by atoms with E-state index in [1.165, 1.54) is 7.11 Å². The molecule has 1 aromatic rings. The van der Waals surface area contributed by atoms with Crippen molar-refractivity contribution in [3.8, 4) is 5.75 Å². The van der Waals surface area contributed by atoms with Crippen LogP contribution in [-0.4, -0.2) is 36.6 Å². The smallest absolute Gasteiger partial charge is 0.326 e. The van der Waals surface area contributed by atoms with Crippen molar-refractivity contribution in [3.05, 3.63) is 14.2 Å². The van der Waals surface area contributed by atoms with Gasteiger partial charge in [-0.05, 0) is 22.9 Å². The van der Waals surface area contributed by atoms with Crippen LogP contribution >= 0.6 is 27.3 Å². The lowest BCUT2D eigenvalue weighted by atomic mass is 10.2. The zero-order chi connectivity index (χ0) is 15.4. The van der Waals surface area contributed by atoms with Gasteiger partial charge in [0.15, 0.2) is 5.75 Å². The van der Waals surface area contributed by atoms with Gasteiger partial charge >= 0.3 is 5.97 Å². The molecule has 112 valence electrons. The van der Waals surface area contributed by atoms with Crippen LogP contribution in [0.5, 0.6) is 5.75 Å². The SMILES string of the molecule is COc1c(C(=O)NC(CC(F)F)C(=O)O)sc(C)c1Br. The van der Waals surface area contributed by atoms with Crippen LogP contribution in [-0.2, 0) is 4.79 Å². The maximum atomic E-state index is 12.3. The Hall–Kier alpha value is -1.22. The molecule has 1 heterocycles. The van der Waals surface area contributed by atoms with E-state index in [2.05, 4.69) is 21.2 Å². The highest BCUT2D eigenvalue weighted by Gasteiger charge is 2.28. The Morgan fingerprint density at radius 2 is 2.10 bits per heavy atom. The van der Waals surface area contributed by atoms with Gasteiger partial charge in [-0.2, -0.15) is 0 Å². The van der Waals surface area contributed by atoms with E-state index in [0.717, 1.165) is 16.2 Å². The second kappa shape index (κ2) is 6.98. The zero-order valence-electron chi connectivity index (χ0n) is 10.6. The second-order valence-corrected chi connectivity index (χ2v) is 5.84. The molecule has 1 rings (SSSR count). The highest BCUT2D eigenvalue weighted by molar-refractivity contribution is 9.10. The predicted molar refractivity (Wildman–Crippen MR) is 72.8 cm³/mol. The van der Waals surface area contributed by atoms with Crippen LogP contribution in [0.2, 0.25) is 0 Å². The maximum absolute atomic E-state index is 12.3. The van der Waals surface area contributed by atoms with Gasteiger partial charge in [0.25, 0.3) is 5.91 Å². The Morgan fingerprint density at radius 1 is 1.50 bits per heavy atom. The fourth-order valence-electron chi connectivity index (χ4n) is 1.46. The van der Waals surface area contributed by atoms with Crippen molar-refractivity contribution in [2.45, 2.75) is 25.8 Å². The van der Waals surface area contributed by atoms with Gasteiger partial charge in [0.1, 0.15) is 10.9 Å². The number of thiophene rings is 1. The Labute approximate surface area is 126 Å². The minimum Gasteiger partial charge on any atom is -0.494 e. The van der Waals surface area contributed by atoms with E-state index in [9.17, 15) is 18.4 Å². The molecule has 0 saturated carbocycles. The third kappa shape index (κ3) is 3.89. The van der Waals surface area contributed by atoms with Crippen molar-refractivity contribution < 1.29 is 28.2 Å². The number of ether oxygens (including phenoxy) is 1. The molecule has 0 fully saturated rings. The van der Waals surface area contributed by atoms with Crippen LogP contribution in [0.3, 0.4) is 0 Å². The van der Waals surface area contributed by atoms with Crippen molar-refractivity contribution in [1.82, 2.24) is 5.32 Å². The number of carbonyl (C=O) groups excluding carboxylic acids is 1. The van der Waals surface area contributed by atoms with Gasteiger partial charge in [0.2, 0.25) is 6.43 Å². The fourth-order valence-corrected chi connectivity index (χ4v) is 3.11. The van der Waals surface area contributed by atoms with Crippen molar-refractivity contribution in [1.29, 1.82) is 0 Å². The number of carbonyl (C=O) groups is 2. The minimum atomic E-state index is -2.82. The Kier molecular flexibility index (Phi) is 5.88. The number of hydrogen-bond acceptors (Lipinski definition) is 4. The zero-order valence-corrected chi connectivity index (χ0v) is 13.0. The summed E-state index contributed by atoms with van der Waals surface area (Å²) in [7, 11) is 1.36. The van der Waals surface area contributed by atoms with Crippen LogP contribution < -0.4 is 10.1 Å². The average Bonchev–Trinajstić information content (AvgIpc) is 2.64. The first kappa shape index (κ1) is 16.8. The van der Waals surface area contributed by atoms with Crippen LogP contribution in [0.4, 0.5) is 8.78 Å². The second-order valence-electron chi connectivity index (χ2n) is 3.83. The third-order valence-electron chi connectivity index (χ3n) is 2.40. The highest BCUT2D eigenvalue weighted by atomic mass is 79.9. The lowest BCUT2D eigenvalue weighted by Gasteiger charge is -2.13. The lowest BCUT2D eigenvalue weighted by Crippen LogP contribution is -2.41. The van der Waals surface area contributed by atoms with Crippen LogP contribution in [0, 0.1) is 6.92 Å². The topological polar surface area (TPSA) is 75.6 Å². The van der Waals surface area contributed by atoms with Gasteiger partial charge in [-0.3, -0.25) is 4.79 Å². The molecule has 0 spiro atoms. The Morgan fingerprint density at radius 3 is 2.55 bits per heavy atom. The number of aliphatic carboxylic acids is 1. The van der Waals surface area contributed by atoms with Crippen molar-refractivity contribution >= 4 is 39.1 Å². The summed E-state index contributed by atoms with van der Waals surface area (Å²) in [5.41, 5.74) is 0. The van der Waals surface area contributed by atoms with Crippen LogP contribution in [0.15, 0.2) is 4.47 Å². The van der Waals surface area contributed by atoms with E-state index in [-0.39, 0.29) is 10.6 Å². The summed E-state index contributed by atoms with van der Waals surface area (Å²) < 4.78 is 30.2. The van der Waals surface area contributed by atoms with Crippen LogP contribution in [0.1, 0.15) is 21.0 Å². The van der Waals surface area contributed by atoms with Crippen molar-refractivity contribution in [3.63, 3.8) is 0 Å². The molecule has 0 aromatic carbocycles. The molecule has 5 nitrogen and oxygen atoms in total. The first-order valence-electron chi connectivity index (χ1n) is 5.42. The molecule has 1 aromatic heterocycles. The molecule has 0 radical (unpaired) electrons. The largest absolute Gasteiger partial charge is 0.494 e. The van der Waals surface area contributed by atoms with Gasteiger partial charge < -0.3 is 15.2 Å². The Balaban J connectivity index is 2.95. The number of methoxy groups -OCH3 is 1. The fraction of sp³-hybridized carbons (Fsp3) is 0.455. The predicted octanol–water partition coefficient (Wildman–Crippen LogP) is 2.67. The summed E-state index contributed by atoms with van der Waals surface area (Å²) in [4.78, 5) is 23.7. The van der Waals surface area contributed by atoms with Gasteiger partial charge in [0.05, 0.1) is 11.6 Å². The van der Waals surface area contributed by atoms with Gasteiger partial charge in [-0.25, -0.2) is 13.6 Å². The molecule has 20 heavy (non-hydrogen) atoms. The first-order chi connectivity index (χ1) is 9.27. The molecule has 1 amide bonds. The third-order valence-corrected chi connectivity index (χ3v) is 4.70. The van der Waals surface area contributed by atoms with E-state index in [0.29, 0.717) is 4.47 Å². The molecule has 0 saturated heterocycles. The molecule has 0 bridgehead atoms. The number of hydrogen-bond donors (Lipinski definition) is 2. The molecule has 9 heteroatoms. The summed E-state index contributed by atoms with van der Waals surface area (Å²) >= 11 is 4.32. The summed E-state index contributed by atoms with van der Waals surface area (Å²) in [5, 5.41) is 10.9. The monoisotopic (exact) mass is 371 g/mol. The molecule has 0 aliphatic heterocycles. The Bertz CT molecular complexity index is 521. The molecule has 0 aliphatic rings. The molecule has 1 atom stereocenters. The molecular weight excluding hydrogens is 360 g/mol. The minimum absolute atomic E-state index is 0.136. The molecular formula is C11H12BrF2NO4S. The highest BCUT2D eigenvalue weighted by Crippen LogP contribution is 2.39. The quantitative estimate of drug-likeness (QED) is 0.805. The van der Waals surface area contributed by atoms with E-state index in [4.69, 9.17) is 9.84 Å². The summed E-state index contributed by atoms with van der Waals surface area (Å²) in [5.74, 6) is -2.01. The van der Waals surface area contributed by atoms with Gasteiger partial charge in [-0.1, -0.05) is 0 Å². The number of carboxylic acids is 1. The summed E-state index contributed by atoms with van der Waals surface area (Å²) in [6.07, 6.45) is -3.77. The van der Waals surface area contributed by atoms with Gasteiger partial charge in [-0.15, -0.1) is 11.3 Å². The number of halogens is 3. The normalized spacial score (nSPS) is 12.3. The maximum Gasteiger partial charge on any atom is 0.326 e. The first-order valence-corrected chi connectivity index (χ1v) is 7.03. The van der Waals surface area contributed by atoms with Gasteiger partial charge in [0, 0.05) is 11.3 Å². The van der Waals surface area contributed by atoms with Crippen molar-refractivity contribution in [2.75, 3.05) is 7.11 Å². The van der Waals surface area contributed by atoms with E-state index < -0.39 is 30.8 Å². The molecule has 1 unspecified atom stereocenters. The van der Waals surface area contributed by atoms with E-state index in [1.807, 2.05) is 0 Å². The van der Waals surface area contributed by atoms with E-state index >= 15 is 0 Å². The van der Waals surface area contributed by atoms with Crippen LogP contribution in [0.25, 0.3) is 0 Å².